The molecule has 2 nitrogen and oxygen atoms in total. The van der Waals surface area contributed by atoms with Crippen molar-refractivity contribution in [3.05, 3.63) is 34.3 Å². The van der Waals surface area contributed by atoms with Crippen LogP contribution in [-0.4, -0.2) is 23.4 Å². The van der Waals surface area contributed by atoms with Crippen molar-refractivity contribution < 1.29 is 4.79 Å². The quantitative estimate of drug-likeness (QED) is 0.770. The van der Waals surface area contributed by atoms with Crippen LogP contribution in [0.15, 0.2) is 28.7 Å². The second-order valence-electron chi connectivity index (χ2n) is 5.60. The molecule has 0 unspecified atom stereocenters. The van der Waals surface area contributed by atoms with Gasteiger partial charge in [-0.2, -0.15) is 0 Å². The predicted molar refractivity (Wildman–Crippen MR) is 86.7 cm³/mol. The largest absolute Gasteiger partial charge is 0.340 e. The second-order valence-corrected chi connectivity index (χ2v) is 6.52. The Balaban J connectivity index is 1.88. The Morgan fingerprint density at radius 1 is 1.30 bits per heavy atom. The maximum absolute atomic E-state index is 12.4. The Morgan fingerprint density at radius 3 is 2.70 bits per heavy atom. The summed E-state index contributed by atoms with van der Waals surface area (Å²) in [4.78, 5) is 14.6. The standard InChI is InChI=1S/C17H24BrNO/c1-2-19(16-9-4-3-5-10-16)17(20)12-11-14-7-6-8-15(18)13-14/h6-8,13,16H,2-5,9-12H2,1H3. The summed E-state index contributed by atoms with van der Waals surface area (Å²) in [6, 6.07) is 8.73. The lowest BCUT2D eigenvalue weighted by atomic mass is 9.94. The Hall–Kier alpha value is -0.830. The molecular weight excluding hydrogens is 314 g/mol. The second kappa shape index (κ2) is 7.82. The average Bonchev–Trinajstić information content (AvgIpc) is 2.47. The zero-order valence-electron chi connectivity index (χ0n) is 12.3. The minimum Gasteiger partial charge on any atom is -0.340 e. The molecule has 0 spiro atoms. The van der Waals surface area contributed by atoms with Gasteiger partial charge < -0.3 is 4.90 Å². The van der Waals surface area contributed by atoms with Gasteiger partial charge >= 0.3 is 0 Å². The highest BCUT2D eigenvalue weighted by molar-refractivity contribution is 9.10. The molecule has 20 heavy (non-hydrogen) atoms. The average molecular weight is 338 g/mol. The smallest absolute Gasteiger partial charge is 0.223 e. The molecule has 1 aromatic carbocycles. The molecule has 0 heterocycles. The molecule has 0 saturated heterocycles. The summed E-state index contributed by atoms with van der Waals surface area (Å²) < 4.78 is 1.09. The fraction of sp³-hybridized carbons (Fsp3) is 0.588. The summed E-state index contributed by atoms with van der Waals surface area (Å²) in [5.41, 5.74) is 1.23. The van der Waals surface area contributed by atoms with Crippen LogP contribution in [0.4, 0.5) is 0 Å². The van der Waals surface area contributed by atoms with Crippen LogP contribution in [0.5, 0.6) is 0 Å². The van der Waals surface area contributed by atoms with Gasteiger partial charge in [-0.05, 0) is 43.9 Å². The molecular formula is C17H24BrNO. The monoisotopic (exact) mass is 337 g/mol. The van der Waals surface area contributed by atoms with Crippen molar-refractivity contribution in [2.45, 2.75) is 57.9 Å². The molecule has 0 bridgehead atoms. The first-order valence-corrected chi connectivity index (χ1v) is 8.54. The lowest BCUT2D eigenvalue weighted by Gasteiger charge is -2.33. The Bertz CT molecular complexity index is 440. The number of amides is 1. The van der Waals surface area contributed by atoms with Crippen LogP contribution in [0.1, 0.15) is 51.0 Å². The number of rotatable bonds is 5. The Labute approximate surface area is 130 Å². The van der Waals surface area contributed by atoms with Crippen molar-refractivity contribution in [1.29, 1.82) is 0 Å². The predicted octanol–water partition coefficient (Wildman–Crippen LogP) is 4.56. The molecule has 1 saturated carbocycles. The number of hydrogen-bond donors (Lipinski definition) is 0. The van der Waals surface area contributed by atoms with Crippen molar-refractivity contribution in [3.8, 4) is 0 Å². The van der Waals surface area contributed by atoms with Gasteiger partial charge in [-0.1, -0.05) is 47.3 Å². The molecule has 0 radical (unpaired) electrons. The summed E-state index contributed by atoms with van der Waals surface area (Å²) in [5.74, 6) is 0.319. The van der Waals surface area contributed by atoms with E-state index in [1.165, 1.54) is 37.7 Å². The lowest BCUT2D eigenvalue weighted by molar-refractivity contribution is -0.133. The minimum absolute atomic E-state index is 0.319. The number of carbonyl (C=O) groups is 1. The maximum Gasteiger partial charge on any atom is 0.223 e. The first-order chi connectivity index (χ1) is 9.70. The van der Waals surface area contributed by atoms with E-state index < -0.39 is 0 Å². The molecule has 1 aliphatic carbocycles. The number of nitrogens with zero attached hydrogens (tertiary/aromatic N) is 1. The van der Waals surface area contributed by atoms with Gasteiger partial charge in [0.1, 0.15) is 0 Å². The highest BCUT2D eigenvalue weighted by Gasteiger charge is 2.23. The van der Waals surface area contributed by atoms with E-state index in [2.05, 4.69) is 39.9 Å². The van der Waals surface area contributed by atoms with Crippen molar-refractivity contribution in [2.24, 2.45) is 0 Å². The summed E-state index contributed by atoms with van der Waals surface area (Å²) >= 11 is 3.48. The zero-order chi connectivity index (χ0) is 14.4. The van der Waals surface area contributed by atoms with Crippen molar-refractivity contribution in [1.82, 2.24) is 4.90 Å². The molecule has 0 N–H and O–H groups in total. The SMILES string of the molecule is CCN(C(=O)CCc1cccc(Br)c1)C1CCCCC1. The van der Waals surface area contributed by atoms with E-state index in [1.807, 2.05) is 12.1 Å². The van der Waals surface area contributed by atoms with Crippen molar-refractivity contribution in [3.63, 3.8) is 0 Å². The van der Waals surface area contributed by atoms with Crippen LogP contribution in [0.2, 0.25) is 0 Å². The highest BCUT2D eigenvalue weighted by Crippen LogP contribution is 2.23. The van der Waals surface area contributed by atoms with Crippen LogP contribution in [-0.2, 0) is 11.2 Å². The van der Waals surface area contributed by atoms with E-state index in [9.17, 15) is 4.79 Å². The normalized spacial score (nSPS) is 16.1. The van der Waals surface area contributed by atoms with Crippen LogP contribution in [0.25, 0.3) is 0 Å². The van der Waals surface area contributed by atoms with Crippen LogP contribution >= 0.6 is 15.9 Å². The van der Waals surface area contributed by atoms with E-state index in [4.69, 9.17) is 0 Å². The molecule has 1 fully saturated rings. The molecule has 0 aliphatic heterocycles. The van der Waals surface area contributed by atoms with E-state index >= 15 is 0 Å². The number of benzene rings is 1. The third kappa shape index (κ3) is 4.34. The number of aryl methyl sites for hydroxylation is 1. The molecule has 1 aromatic rings. The maximum atomic E-state index is 12.4. The van der Waals surface area contributed by atoms with Gasteiger partial charge in [0.15, 0.2) is 0 Å². The Kier molecular flexibility index (Phi) is 6.08. The van der Waals surface area contributed by atoms with Crippen LogP contribution < -0.4 is 0 Å². The van der Waals surface area contributed by atoms with Crippen LogP contribution in [0, 0.1) is 0 Å². The molecule has 110 valence electrons. The van der Waals surface area contributed by atoms with E-state index in [1.54, 1.807) is 0 Å². The summed E-state index contributed by atoms with van der Waals surface area (Å²) in [6.07, 6.45) is 7.73. The van der Waals surface area contributed by atoms with Gasteiger partial charge in [0.05, 0.1) is 0 Å². The summed E-state index contributed by atoms with van der Waals surface area (Å²) in [5, 5.41) is 0. The number of halogens is 1. The van der Waals surface area contributed by atoms with Gasteiger partial charge in [0.25, 0.3) is 0 Å². The van der Waals surface area contributed by atoms with E-state index in [0.717, 1.165) is 17.4 Å². The van der Waals surface area contributed by atoms with Gasteiger partial charge in [0, 0.05) is 23.5 Å². The zero-order valence-corrected chi connectivity index (χ0v) is 13.9. The molecule has 2 rings (SSSR count). The molecule has 0 atom stereocenters. The van der Waals surface area contributed by atoms with E-state index in [0.29, 0.717) is 18.4 Å². The number of hydrogen-bond acceptors (Lipinski definition) is 1. The van der Waals surface area contributed by atoms with Gasteiger partial charge in [-0.25, -0.2) is 0 Å². The highest BCUT2D eigenvalue weighted by atomic mass is 79.9. The third-order valence-corrected chi connectivity index (χ3v) is 4.69. The fourth-order valence-electron chi connectivity index (χ4n) is 3.12. The third-order valence-electron chi connectivity index (χ3n) is 4.19. The Morgan fingerprint density at radius 2 is 2.05 bits per heavy atom. The lowest BCUT2D eigenvalue weighted by Crippen LogP contribution is -2.41. The number of carbonyl (C=O) groups excluding carboxylic acids is 1. The van der Waals surface area contributed by atoms with Gasteiger partial charge in [0.2, 0.25) is 5.91 Å². The molecule has 1 aliphatic rings. The topological polar surface area (TPSA) is 20.3 Å². The van der Waals surface area contributed by atoms with Crippen molar-refractivity contribution in [2.75, 3.05) is 6.54 Å². The van der Waals surface area contributed by atoms with Crippen molar-refractivity contribution >= 4 is 21.8 Å². The minimum atomic E-state index is 0.319. The van der Waals surface area contributed by atoms with Gasteiger partial charge in [-0.15, -0.1) is 0 Å². The van der Waals surface area contributed by atoms with Crippen LogP contribution in [0.3, 0.4) is 0 Å². The first kappa shape index (κ1) is 15.6. The summed E-state index contributed by atoms with van der Waals surface area (Å²) in [7, 11) is 0. The van der Waals surface area contributed by atoms with Gasteiger partial charge in [-0.3, -0.25) is 4.79 Å². The van der Waals surface area contributed by atoms with E-state index in [-0.39, 0.29) is 0 Å². The first-order valence-electron chi connectivity index (χ1n) is 7.74. The fourth-order valence-corrected chi connectivity index (χ4v) is 3.56. The molecule has 0 aromatic heterocycles. The molecule has 3 heteroatoms. The summed E-state index contributed by atoms with van der Waals surface area (Å²) in [6.45, 7) is 2.95. The molecule has 1 amide bonds.